The lowest BCUT2D eigenvalue weighted by atomic mass is 10.1. The molecule has 7 nitrogen and oxygen atoms in total. The Labute approximate surface area is 165 Å². The lowest BCUT2D eigenvalue weighted by Crippen LogP contribution is -2.36. The van der Waals surface area contributed by atoms with Crippen molar-refractivity contribution in [2.45, 2.75) is 18.1 Å². The molecule has 0 fully saturated rings. The van der Waals surface area contributed by atoms with Gasteiger partial charge in [0.25, 0.3) is 0 Å². The fraction of sp³-hybridized carbons (Fsp3) is 0.278. The number of hydrogen-bond acceptors (Lipinski definition) is 7. The number of aromatic nitrogens is 3. The first-order chi connectivity index (χ1) is 13.2. The number of carbonyl (C=O) groups is 1. The van der Waals surface area contributed by atoms with Gasteiger partial charge < -0.3 is 15.5 Å². The highest BCUT2D eigenvalue weighted by Crippen LogP contribution is 2.26. The van der Waals surface area contributed by atoms with Crippen molar-refractivity contribution in [3.05, 3.63) is 46.2 Å². The van der Waals surface area contributed by atoms with Crippen molar-refractivity contribution >= 4 is 29.0 Å². The van der Waals surface area contributed by atoms with E-state index in [0.29, 0.717) is 17.5 Å². The van der Waals surface area contributed by atoms with Gasteiger partial charge in [-0.15, -0.1) is 21.5 Å². The Balaban J connectivity index is 1.40. The van der Waals surface area contributed by atoms with Gasteiger partial charge in [-0.1, -0.05) is 11.8 Å². The average Bonchev–Trinajstić information content (AvgIpc) is 3.32. The van der Waals surface area contributed by atoms with Gasteiger partial charge in [-0.3, -0.25) is 4.79 Å². The molecule has 0 saturated carbocycles. The molecule has 0 bridgehead atoms. The predicted molar refractivity (Wildman–Crippen MR) is 106 cm³/mol. The molecule has 1 aliphatic heterocycles. The molecule has 140 valence electrons. The number of amides is 1. The molecule has 0 unspecified atom stereocenters. The van der Waals surface area contributed by atoms with Crippen LogP contribution in [-0.2, 0) is 17.8 Å². The summed E-state index contributed by atoms with van der Waals surface area (Å²) in [7, 11) is 1.62. The highest BCUT2D eigenvalue weighted by atomic mass is 32.2. The molecule has 0 atom stereocenters. The first kappa shape index (κ1) is 17.9. The number of fused-ring (bicyclic) bond motifs is 1. The monoisotopic (exact) mass is 401 g/mol. The fourth-order valence-corrected chi connectivity index (χ4v) is 4.64. The van der Waals surface area contributed by atoms with Crippen LogP contribution in [0.25, 0.3) is 11.4 Å². The summed E-state index contributed by atoms with van der Waals surface area (Å²) < 4.78 is 6.58. The Bertz CT molecular complexity index is 951. The van der Waals surface area contributed by atoms with Gasteiger partial charge in [-0.25, -0.2) is 4.68 Å². The topological polar surface area (TPSA) is 86.3 Å². The van der Waals surface area contributed by atoms with Crippen LogP contribution in [0.4, 0.5) is 0 Å². The lowest BCUT2D eigenvalue weighted by molar-refractivity contribution is -0.129. The third-order valence-corrected chi connectivity index (χ3v) is 6.45. The van der Waals surface area contributed by atoms with Crippen molar-refractivity contribution in [2.24, 2.45) is 0 Å². The Morgan fingerprint density at radius 1 is 1.30 bits per heavy atom. The molecule has 0 saturated heterocycles. The minimum Gasteiger partial charge on any atom is -0.497 e. The maximum absolute atomic E-state index is 12.6. The molecular weight excluding hydrogens is 382 g/mol. The zero-order valence-electron chi connectivity index (χ0n) is 14.8. The van der Waals surface area contributed by atoms with E-state index in [0.717, 1.165) is 24.3 Å². The number of rotatable bonds is 5. The lowest BCUT2D eigenvalue weighted by Gasteiger charge is -2.26. The van der Waals surface area contributed by atoms with Crippen LogP contribution in [0.15, 0.2) is 40.9 Å². The van der Waals surface area contributed by atoms with Gasteiger partial charge in [0.05, 0.1) is 12.9 Å². The van der Waals surface area contributed by atoms with Gasteiger partial charge >= 0.3 is 0 Å². The summed E-state index contributed by atoms with van der Waals surface area (Å²) in [5.41, 5.74) is 2.10. The molecule has 0 radical (unpaired) electrons. The minimum atomic E-state index is 0.0887. The molecule has 0 aliphatic carbocycles. The highest BCUT2D eigenvalue weighted by molar-refractivity contribution is 7.99. The molecule has 2 aromatic heterocycles. The van der Waals surface area contributed by atoms with Crippen LogP contribution >= 0.6 is 23.1 Å². The molecule has 4 rings (SSSR count). The van der Waals surface area contributed by atoms with E-state index >= 15 is 0 Å². The second-order valence-electron chi connectivity index (χ2n) is 6.13. The van der Waals surface area contributed by atoms with Crippen molar-refractivity contribution in [1.82, 2.24) is 19.8 Å². The van der Waals surface area contributed by atoms with Crippen LogP contribution in [0.3, 0.4) is 0 Å². The van der Waals surface area contributed by atoms with E-state index in [1.165, 1.54) is 26.9 Å². The number of ether oxygens (including phenoxy) is 1. The number of nitrogens with zero attached hydrogens (tertiary/aromatic N) is 4. The Morgan fingerprint density at radius 2 is 2.11 bits per heavy atom. The van der Waals surface area contributed by atoms with Crippen molar-refractivity contribution in [2.75, 3.05) is 25.3 Å². The van der Waals surface area contributed by atoms with E-state index in [1.807, 2.05) is 29.2 Å². The van der Waals surface area contributed by atoms with E-state index in [4.69, 9.17) is 10.6 Å². The largest absolute Gasteiger partial charge is 0.497 e. The summed E-state index contributed by atoms with van der Waals surface area (Å²) >= 11 is 3.07. The summed E-state index contributed by atoms with van der Waals surface area (Å²) in [5, 5.41) is 10.9. The zero-order chi connectivity index (χ0) is 18.8. The van der Waals surface area contributed by atoms with Crippen LogP contribution in [0.5, 0.6) is 5.75 Å². The third-order valence-electron chi connectivity index (χ3n) is 4.50. The molecule has 9 heteroatoms. The number of carbonyl (C=O) groups excluding carboxylic acids is 1. The first-order valence-corrected chi connectivity index (χ1v) is 10.3. The summed E-state index contributed by atoms with van der Waals surface area (Å²) in [6.45, 7) is 1.45. The zero-order valence-corrected chi connectivity index (χ0v) is 16.4. The molecular formula is C18H19N5O2S2. The van der Waals surface area contributed by atoms with Crippen LogP contribution in [0.1, 0.15) is 10.4 Å². The molecule has 1 amide bonds. The van der Waals surface area contributed by atoms with Gasteiger partial charge in [0.1, 0.15) is 5.75 Å². The molecule has 1 aliphatic rings. The van der Waals surface area contributed by atoms with Crippen molar-refractivity contribution < 1.29 is 9.53 Å². The van der Waals surface area contributed by atoms with Crippen molar-refractivity contribution in [3.8, 4) is 17.1 Å². The summed E-state index contributed by atoms with van der Waals surface area (Å²) in [5.74, 6) is 7.82. The summed E-state index contributed by atoms with van der Waals surface area (Å²) in [6.07, 6.45) is 0.929. The standard InChI is InChI=1S/C18H19N5O2S2/c1-25-14-4-2-12(3-5-14)17-20-21-18(23(17)19)27-11-16(24)22-8-6-15-13(10-22)7-9-26-15/h2-5,7,9H,6,8,10-11,19H2,1H3. The number of thiophene rings is 1. The van der Waals surface area contributed by atoms with Gasteiger partial charge in [0, 0.05) is 23.5 Å². The predicted octanol–water partition coefficient (Wildman–Crippen LogP) is 2.41. The summed E-state index contributed by atoms with van der Waals surface area (Å²) in [6, 6.07) is 9.53. The number of thioether (sulfide) groups is 1. The maximum atomic E-state index is 12.6. The fourth-order valence-electron chi connectivity index (χ4n) is 2.99. The minimum absolute atomic E-state index is 0.0887. The molecule has 3 aromatic rings. The molecule has 1 aromatic carbocycles. The summed E-state index contributed by atoms with van der Waals surface area (Å²) in [4.78, 5) is 15.8. The number of methoxy groups -OCH3 is 1. The Kier molecular flexibility index (Phi) is 5.04. The van der Waals surface area contributed by atoms with Crippen molar-refractivity contribution in [1.29, 1.82) is 0 Å². The van der Waals surface area contributed by atoms with E-state index in [-0.39, 0.29) is 11.7 Å². The number of hydrogen-bond donors (Lipinski definition) is 1. The highest BCUT2D eigenvalue weighted by Gasteiger charge is 2.22. The van der Waals surface area contributed by atoms with E-state index < -0.39 is 0 Å². The quantitative estimate of drug-likeness (QED) is 0.522. The van der Waals surface area contributed by atoms with E-state index in [2.05, 4.69) is 21.6 Å². The molecule has 3 heterocycles. The smallest absolute Gasteiger partial charge is 0.233 e. The average molecular weight is 402 g/mol. The van der Waals surface area contributed by atoms with E-state index in [1.54, 1.807) is 18.4 Å². The van der Waals surface area contributed by atoms with Gasteiger partial charge in [-0.05, 0) is 47.7 Å². The molecule has 0 spiro atoms. The Morgan fingerprint density at radius 3 is 2.89 bits per heavy atom. The van der Waals surface area contributed by atoms with Crippen LogP contribution in [0, 0.1) is 0 Å². The second kappa shape index (κ2) is 7.61. The second-order valence-corrected chi connectivity index (χ2v) is 8.07. The maximum Gasteiger partial charge on any atom is 0.233 e. The molecule has 2 N–H and O–H groups in total. The van der Waals surface area contributed by atoms with Gasteiger partial charge in [0.2, 0.25) is 11.1 Å². The normalized spacial score (nSPS) is 13.4. The third kappa shape index (κ3) is 3.65. The first-order valence-electron chi connectivity index (χ1n) is 8.46. The van der Waals surface area contributed by atoms with Gasteiger partial charge in [-0.2, -0.15) is 0 Å². The van der Waals surface area contributed by atoms with Gasteiger partial charge in [0.15, 0.2) is 5.82 Å². The van der Waals surface area contributed by atoms with Crippen molar-refractivity contribution in [3.63, 3.8) is 0 Å². The van der Waals surface area contributed by atoms with Crippen LogP contribution in [0.2, 0.25) is 0 Å². The molecule has 27 heavy (non-hydrogen) atoms. The SMILES string of the molecule is COc1ccc(-c2nnc(SCC(=O)N3CCc4sccc4C3)n2N)cc1. The number of benzene rings is 1. The Hall–Kier alpha value is -2.52. The number of nitrogen functional groups attached to an aromatic ring is 1. The van der Waals surface area contributed by atoms with E-state index in [9.17, 15) is 4.79 Å². The van der Waals surface area contributed by atoms with Crippen LogP contribution in [-0.4, -0.2) is 45.1 Å². The van der Waals surface area contributed by atoms with Crippen LogP contribution < -0.4 is 10.6 Å². The number of nitrogens with two attached hydrogens (primary N) is 1.